The summed E-state index contributed by atoms with van der Waals surface area (Å²) in [4.78, 5) is 10.4. The lowest BCUT2D eigenvalue weighted by molar-refractivity contribution is -0.142. The standard InChI is InChI=1S/C5H9N3O2/c1-3-6-4(5(9)10)8(2)7-3/h4H,1-2H3,(H,6,7)(H,9,10). The maximum atomic E-state index is 10.4. The van der Waals surface area contributed by atoms with Crippen molar-refractivity contribution in [2.75, 3.05) is 7.05 Å². The van der Waals surface area contributed by atoms with Gasteiger partial charge >= 0.3 is 5.97 Å². The first-order valence-electron chi connectivity index (χ1n) is 2.88. The van der Waals surface area contributed by atoms with Crippen LogP contribution in [-0.4, -0.2) is 35.1 Å². The van der Waals surface area contributed by atoms with E-state index in [1.165, 1.54) is 5.01 Å². The molecule has 0 spiro atoms. The second kappa shape index (κ2) is 2.17. The van der Waals surface area contributed by atoms with Crippen molar-refractivity contribution in [3.8, 4) is 0 Å². The van der Waals surface area contributed by atoms with Gasteiger partial charge in [-0.3, -0.25) is 5.01 Å². The summed E-state index contributed by atoms with van der Waals surface area (Å²) in [6.07, 6.45) is -0.694. The molecule has 0 fully saturated rings. The van der Waals surface area contributed by atoms with Crippen LogP contribution in [0, 0.1) is 0 Å². The molecule has 1 atom stereocenters. The zero-order chi connectivity index (χ0) is 7.72. The first kappa shape index (κ1) is 6.85. The van der Waals surface area contributed by atoms with E-state index in [1.54, 1.807) is 14.0 Å². The van der Waals surface area contributed by atoms with Gasteiger partial charge in [-0.1, -0.05) is 0 Å². The molecule has 1 rings (SSSR count). The molecule has 0 aromatic rings. The van der Waals surface area contributed by atoms with E-state index in [4.69, 9.17) is 5.11 Å². The van der Waals surface area contributed by atoms with E-state index < -0.39 is 12.1 Å². The lowest BCUT2D eigenvalue weighted by Crippen LogP contribution is -2.42. The summed E-state index contributed by atoms with van der Waals surface area (Å²) in [5, 5.41) is 16.4. The fourth-order valence-corrected chi connectivity index (χ4v) is 0.836. The third-order valence-corrected chi connectivity index (χ3v) is 1.26. The summed E-state index contributed by atoms with van der Waals surface area (Å²) in [7, 11) is 1.61. The average molecular weight is 143 g/mol. The van der Waals surface area contributed by atoms with Gasteiger partial charge in [0.05, 0.1) is 0 Å². The van der Waals surface area contributed by atoms with Crippen molar-refractivity contribution in [3.63, 3.8) is 0 Å². The zero-order valence-electron chi connectivity index (χ0n) is 5.83. The molecule has 0 aliphatic carbocycles. The Hall–Kier alpha value is -1.26. The van der Waals surface area contributed by atoms with Gasteiger partial charge in [-0.05, 0) is 6.92 Å². The van der Waals surface area contributed by atoms with Crippen LogP contribution in [0.3, 0.4) is 0 Å². The van der Waals surface area contributed by atoms with Crippen molar-refractivity contribution in [2.24, 2.45) is 5.10 Å². The molecule has 2 N–H and O–H groups in total. The van der Waals surface area contributed by atoms with Crippen LogP contribution in [0.15, 0.2) is 5.10 Å². The molecule has 0 aromatic carbocycles. The number of carboxylic acid groups (broad SMARTS) is 1. The Bertz CT molecular complexity index is 189. The number of amidine groups is 1. The third kappa shape index (κ3) is 1.02. The van der Waals surface area contributed by atoms with Crippen molar-refractivity contribution in [1.82, 2.24) is 10.3 Å². The van der Waals surface area contributed by atoms with Gasteiger partial charge < -0.3 is 10.4 Å². The van der Waals surface area contributed by atoms with Gasteiger partial charge in [0.2, 0.25) is 6.17 Å². The van der Waals surface area contributed by atoms with Gasteiger partial charge in [-0.25, -0.2) is 4.79 Å². The number of hydrogen-bond donors (Lipinski definition) is 2. The summed E-state index contributed by atoms with van der Waals surface area (Å²) in [5.74, 6) is -0.280. The smallest absolute Gasteiger partial charge is 0.348 e. The number of carboxylic acids is 1. The minimum atomic E-state index is -0.914. The molecule has 1 unspecified atom stereocenters. The molecule has 5 heteroatoms. The van der Waals surface area contributed by atoms with Crippen molar-refractivity contribution >= 4 is 11.8 Å². The molecule has 0 bridgehead atoms. The molecule has 0 radical (unpaired) electrons. The Balaban J connectivity index is 2.63. The van der Waals surface area contributed by atoms with E-state index in [0.29, 0.717) is 5.84 Å². The maximum Gasteiger partial charge on any atom is 0.348 e. The number of aliphatic carboxylic acids is 1. The van der Waals surface area contributed by atoms with Gasteiger partial charge in [0, 0.05) is 7.05 Å². The fraction of sp³-hybridized carbons (Fsp3) is 0.600. The Morgan fingerprint density at radius 2 is 2.50 bits per heavy atom. The summed E-state index contributed by atoms with van der Waals surface area (Å²) in [6.45, 7) is 1.72. The molecule has 1 aliphatic heterocycles. The number of carbonyl (C=O) groups is 1. The van der Waals surface area contributed by atoms with E-state index in [0.717, 1.165) is 0 Å². The molecule has 56 valence electrons. The van der Waals surface area contributed by atoms with Crippen LogP contribution in [0.2, 0.25) is 0 Å². The van der Waals surface area contributed by atoms with Crippen LogP contribution in [0.4, 0.5) is 0 Å². The SMILES string of the molecule is CC1=NN(C)C(C(=O)O)N1. The maximum absolute atomic E-state index is 10.4. The average Bonchev–Trinajstić information content (AvgIpc) is 2.10. The number of rotatable bonds is 1. The van der Waals surface area contributed by atoms with Crippen LogP contribution < -0.4 is 5.32 Å². The lowest BCUT2D eigenvalue weighted by atomic mass is 10.5. The molecule has 1 heterocycles. The summed E-state index contributed by atoms with van der Waals surface area (Å²) in [6, 6.07) is 0. The van der Waals surface area contributed by atoms with Crippen LogP contribution >= 0.6 is 0 Å². The Labute approximate surface area is 58.3 Å². The van der Waals surface area contributed by atoms with Crippen LogP contribution in [0.1, 0.15) is 6.92 Å². The molecule has 10 heavy (non-hydrogen) atoms. The summed E-state index contributed by atoms with van der Waals surface area (Å²) < 4.78 is 0. The molecule has 5 nitrogen and oxygen atoms in total. The van der Waals surface area contributed by atoms with E-state index in [2.05, 4.69) is 10.4 Å². The summed E-state index contributed by atoms with van der Waals surface area (Å²) in [5.41, 5.74) is 0. The topological polar surface area (TPSA) is 64.9 Å². The Kier molecular flexibility index (Phi) is 1.48. The lowest BCUT2D eigenvalue weighted by Gasteiger charge is -2.12. The highest BCUT2D eigenvalue weighted by atomic mass is 16.4. The largest absolute Gasteiger partial charge is 0.478 e. The molecule has 1 aliphatic rings. The number of nitrogens with zero attached hydrogens (tertiary/aromatic N) is 2. The molecule has 0 amide bonds. The second-order valence-corrected chi connectivity index (χ2v) is 2.14. The van der Waals surface area contributed by atoms with Gasteiger partial charge in [0.25, 0.3) is 0 Å². The second-order valence-electron chi connectivity index (χ2n) is 2.14. The summed E-state index contributed by atoms with van der Waals surface area (Å²) >= 11 is 0. The van der Waals surface area contributed by atoms with E-state index in [9.17, 15) is 4.79 Å². The molecular formula is C5H9N3O2. The highest BCUT2D eigenvalue weighted by Crippen LogP contribution is 2.00. The fourth-order valence-electron chi connectivity index (χ4n) is 0.836. The zero-order valence-corrected chi connectivity index (χ0v) is 5.83. The highest BCUT2D eigenvalue weighted by molar-refractivity contribution is 5.87. The van der Waals surface area contributed by atoms with Crippen molar-refractivity contribution in [1.29, 1.82) is 0 Å². The van der Waals surface area contributed by atoms with Gasteiger partial charge in [-0.15, -0.1) is 0 Å². The minimum absolute atomic E-state index is 0.634. The normalized spacial score (nSPS) is 24.0. The van der Waals surface area contributed by atoms with Crippen LogP contribution in [-0.2, 0) is 4.79 Å². The molecule has 0 saturated carbocycles. The quantitative estimate of drug-likeness (QED) is 0.507. The molecule has 0 saturated heterocycles. The Morgan fingerprint density at radius 3 is 2.70 bits per heavy atom. The van der Waals surface area contributed by atoms with Gasteiger partial charge in [0.1, 0.15) is 5.84 Å². The molecular weight excluding hydrogens is 134 g/mol. The van der Waals surface area contributed by atoms with Crippen LogP contribution in [0.5, 0.6) is 0 Å². The molecule has 0 aromatic heterocycles. The van der Waals surface area contributed by atoms with Crippen molar-refractivity contribution in [2.45, 2.75) is 13.1 Å². The number of nitrogens with one attached hydrogen (secondary N) is 1. The third-order valence-electron chi connectivity index (χ3n) is 1.26. The number of hydrogen-bond acceptors (Lipinski definition) is 4. The van der Waals surface area contributed by atoms with E-state index >= 15 is 0 Å². The predicted octanol–water partition coefficient (Wildman–Crippen LogP) is -0.734. The van der Waals surface area contributed by atoms with Crippen molar-refractivity contribution < 1.29 is 9.90 Å². The van der Waals surface area contributed by atoms with Gasteiger partial charge in [0.15, 0.2) is 0 Å². The monoisotopic (exact) mass is 143 g/mol. The van der Waals surface area contributed by atoms with Crippen molar-refractivity contribution in [3.05, 3.63) is 0 Å². The first-order chi connectivity index (χ1) is 4.61. The van der Waals surface area contributed by atoms with E-state index in [-0.39, 0.29) is 0 Å². The highest BCUT2D eigenvalue weighted by Gasteiger charge is 2.26. The first-order valence-corrected chi connectivity index (χ1v) is 2.88. The van der Waals surface area contributed by atoms with Crippen LogP contribution in [0.25, 0.3) is 0 Å². The van der Waals surface area contributed by atoms with E-state index in [1.807, 2.05) is 0 Å². The minimum Gasteiger partial charge on any atom is -0.478 e. The Morgan fingerprint density at radius 1 is 1.90 bits per heavy atom. The van der Waals surface area contributed by atoms with Gasteiger partial charge in [-0.2, -0.15) is 5.10 Å². The number of likely N-dealkylation sites (N-methyl/N-ethyl adjacent to an activating group) is 1. The number of hydrazone groups is 1. The predicted molar refractivity (Wildman–Crippen MR) is 35.4 cm³/mol.